The number of aromatic carboxylic acids is 1. The number of aryl methyl sites for hydroxylation is 1. The molecule has 1 aliphatic carbocycles. The number of carboxylic acids is 1. The molecule has 1 heterocycles. The van der Waals surface area contributed by atoms with Gasteiger partial charge in [-0.25, -0.2) is 5.43 Å². The maximum Gasteiger partial charge on any atom is 1.00 e. The van der Waals surface area contributed by atoms with Gasteiger partial charge in [-0.15, -0.1) is 0 Å². The largest absolute Gasteiger partial charge is 1.00 e. The summed E-state index contributed by atoms with van der Waals surface area (Å²) in [6, 6.07) is 4.67. The van der Waals surface area contributed by atoms with Gasteiger partial charge in [-0.05, 0) is 38.0 Å². The van der Waals surface area contributed by atoms with Crippen LogP contribution in [-0.2, 0) is 11.2 Å². The average Bonchev–Trinajstić information content (AvgIpc) is 2.97. The predicted molar refractivity (Wildman–Crippen MR) is 97.4 cm³/mol. The number of nitrogens with zero attached hydrogens (tertiary/aromatic N) is 1. The number of benzene rings is 1. The first-order valence-corrected chi connectivity index (χ1v) is 8.89. The molecule has 1 aliphatic rings. The number of halogens is 2. The van der Waals surface area contributed by atoms with Crippen molar-refractivity contribution in [1.29, 1.82) is 0 Å². The Hall–Kier alpha value is -0.874. The number of furan rings is 1. The fourth-order valence-corrected chi connectivity index (χ4v) is 3.34. The second kappa shape index (κ2) is 10.2. The van der Waals surface area contributed by atoms with Crippen LogP contribution in [-0.4, -0.2) is 24.2 Å². The Bertz CT molecular complexity index is 942. The predicted octanol–water partition coefficient (Wildman–Crippen LogP) is -0.502. The summed E-state index contributed by atoms with van der Waals surface area (Å²) in [5.74, 6) is -1.20. The van der Waals surface area contributed by atoms with E-state index in [1.165, 1.54) is 6.07 Å². The van der Waals surface area contributed by atoms with Crippen molar-refractivity contribution in [2.24, 2.45) is 5.10 Å². The smallest absolute Gasteiger partial charge is 0.542 e. The number of nitrogens with one attached hydrogen (secondary N) is 1. The van der Waals surface area contributed by atoms with Gasteiger partial charge in [-0.3, -0.25) is 4.79 Å². The minimum atomic E-state index is -1.38. The van der Waals surface area contributed by atoms with Crippen LogP contribution >= 0.6 is 23.2 Å². The molecule has 0 unspecified atom stereocenters. The molecule has 0 fully saturated rings. The number of hydrazone groups is 1. The van der Waals surface area contributed by atoms with Crippen molar-refractivity contribution in [3.63, 3.8) is 0 Å². The molecule has 28 heavy (non-hydrogen) atoms. The molecule has 0 radical (unpaired) electrons. The van der Waals surface area contributed by atoms with Crippen LogP contribution in [0.5, 0.6) is 5.75 Å². The number of carbonyl (C=O) groups excluding carboxylic acids is 2. The molecule has 0 saturated carbocycles. The summed E-state index contributed by atoms with van der Waals surface area (Å²) < 4.78 is 10.7. The average molecular weight is 449 g/mol. The van der Waals surface area contributed by atoms with E-state index >= 15 is 0 Å². The summed E-state index contributed by atoms with van der Waals surface area (Å²) in [7, 11) is 0. The summed E-state index contributed by atoms with van der Waals surface area (Å²) in [6.07, 6.45) is 1.93. The number of hydrogen-bond acceptors (Lipinski definition) is 6. The molecule has 1 amide bonds. The molecule has 0 spiro atoms. The van der Waals surface area contributed by atoms with Gasteiger partial charge < -0.3 is 19.1 Å². The summed E-state index contributed by atoms with van der Waals surface area (Å²) in [6.45, 7) is 1.33. The zero-order valence-electron chi connectivity index (χ0n) is 15.3. The van der Waals surface area contributed by atoms with E-state index in [-0.39, 0.29) is 63.8 Å². The van der Waals surface area contributed by atoms with Crippen molar-refractivity contribution in [3.05, 3.63) is 50.9 Å². The number of carbonyl (C=O) groups is 2. The van der Waals surface area contributed by atoms with E-state index in [0.717, 1.165) is 6.42 Å². The molecule has 1 aromatic heterocycles. The zero-order valence-corrected chi connectivity index (χ0v) is 19.9. The maximum absolute atomic E-state index is 12.0. The first kappa shape index (κ1) is 23.4. The number of hydrogen-bond donors (Lipinski definition) is 1. The quantitative estimate of drug-likeness (QED) is 0.490. The van der Waals surface area contributed by atoms with Crippen molar-refractivity contribution in [2.45, 2.75) is 26.2 Å². The first-order valence-electron chi connectivity index (χ1n) is 8.14. The number of ether oxygens (including phenoxy) is 1. The Balaban J connectivity index is 0.00000280. The molecule has 0 saturated heterocycles. The number of fused-ring (bicyclic) bond motifs is 1. The van der Waals surface area contributed by atoms with Crippen molar-refractivity contribution >= 4 is 40.8 Å². The molecule has 1 aromatic carbocycles. The topological polar surface area (TPSA) is 104 Å². The van der Waals surface area contributed by atoms with Crippen LogP contribution in [0.1, 0.15) is 40.3 Å². The minimum Gasteiger partial charge on any atom is -0.542 e. The summed E-state index contributed by atoms with van der Waals surface area (Å²) in [4.78, 5) is 23.1. The van der Waals surface area contributed by atoms with E-state index in [9.17, 15) is 14.7 Å². The van der Waals surface area contributed by atoms with Crippen LogP contribution in [0, 0.1) is 6.92 Å². The molecule has 142 valence electrons. The third kappa shape index (κ3) is 5.38. The molecule has 2 aromatic rings. The van der Waals surface area contributed by atoms with Crippen LogP contribution in [0.15, 0.2) is 27.7 Å². The van der Waals surface area contributed by atoms with E-state index < -0.39 is 11.9 Å². The standard InChI is InChI=1S/C18H16Cl2N2O5.K/c1-9-16-12(3-2-4-14(16)27-17(9)18(24)25)21-22-15(23)8-26-13-6-5-10(19)7-11(13)20;/h5-7H,2-4,8H2,1H3,(H,22,23)(H,24,25);/q;+1/p-1/b21-12+;. The number of amides is 1. The van der Waals surface area contributed by atoms with Gasteiger partial charge in [0.05, 0.1) is 10.7 Å². The van der Waals surface area contributed by atoms with Crippen LogP contribution in [0.25, 0.3) is 0 Å². The van der Waals surface area contributed by atoms with E-state index in [2.05, 4.69) is 10.5 Å². The fourth-order valence-electron chi connectivity index (χ4n) is 2.87. The number of carboxylic acid groups (broad SMARTS) is 1. The van der Waals surface area contributed by atoms with Gasteiger partial charge >= 0.3 is 51.4 Å². The second-order valence-corrected chi connectivity index (χ2v) is 6.80. The van der Waals surface area contributed by atoms with Crippen molar-refractivity contribution in [3.8, 4) is 5.75 Å². The Morgan fingerprint density at radius 1 is 1.32 bits per heavy atom. The van der Waals surface area contributed by atoms with Gasteiger partial charge in [0.2, 0.25) is 0 Å². The van der Waals surface area contributed by atoms with E-state index in [4.69, 9.17) is 32.4 Å². The third-order valence-corrected chi connectivity index (χ3v) is 4.61. The monoisotopic (exact) mass is 448 g/mol. The molecule has 0 atom stereocenters. The van der Waals surface area contributed by atoms with E-state index in [1.54, 1.807) is 19.1 Å². The van der Waals surface area contributed by atoms with Gasteiger partial charge in [0.1, 0.15) is 17.5 Å². The van der Waals surface area contributed by atoms with E-state index in [1.807, 2.05) is 0 Å². The van der Waals surface area contributed by atoms with Gasteiger partial charge in [0, 0.05) is 22.6 Å². The molecular weight excluding hydrogens is 434 g/mol. The maximum atomic E-state index is 12.0. The number of rotatable bonds is 5. The Morgan fingerprint density at radius 3 is 2.75 bits per heavy atom. The summed E-state index contributed by atoms with van der Waals surface area (Å²) >= 11 is 11.8. The van der Waals surface area contributed by atoms with Crippen LogP contribution in [0.4, 0.5) is 0 Å². The van der Waals surface area contributed by atoms with Crippen LogP contribution in [0.2, 0.25) is 10.0 Å². The molecule has 1 N–H and O–H groups in total. The van der Waals surface area contributed by atoms with Gasteiger partial charge in [0.15, 0.2) is 12.4 Å². The fraction of sp³-hybridized carbons (Fsp3) is 0.278. The van der Waals surface area contributed by atoms with Crippen molar-refractivity contribution < 1.29 is 75.2 Å². The SMILES string of the molecule is Cc1c(C(=O)[O-])oc2c1/C(=N/NC(=O)COc1ccc(Cl)cc1Cl)CCC2.[K+]. The molecule has 0 bridgehead atoms. The summed E-state index contributed by atoms with van der Waals surface area (Å²) in [5.41, 5.74) is 4.03. The van der Waals surface area contributed by atoms with E-state index in [0.29, 0.717) is 51.2 Å². The first-order chi connectivity index (χ1) is 12.9. The molecular formula is C18H15Cl2KN2O5. The Kier molecular flexibility index (Phi) is 8.56. The second-order valence-electron chi connectivity index (χ2n) is 5.95. The third-order valence-electron chi connectivity index (χ3n) is 4.08. The Morgan fingerprint density at radius 2 is 2.07 bits per heavy atom. The van der Waals surface area contributed by atoms with Gasteiger partial charge in [0.25, 0.3) is 5.91 Å². The minimum absolute atomic E-state index is 0. The van der Waals surface area contributed by atoms with Crippen molar-refractivity contribution in [1.82, 2.24) is 5.43 Å². The molecule has 7 nitrogen and oxygen atoms in total. The molecule has 3 rings (SSSR count). The zero-order chi connectivity index (χ0) is 19.6. The normalized spacial score (nSPS) is 14.2. The molecule has 10 heteroatoms. The van der Waals surface area contributed by atoms with Crippen LogP contribution < -0.4 is 66.7 Å². The van der Waals surface area contributed by atoms with Gasteiger partial charge in [-0.2, -0.15) is 5.10 Å². The van der Waals surface area contributed by atoms with Crippen molar-refractivity contribution in [2.75, 3.05) is 6.61 Å². The molecule has 0 aliphatic heterocycles. The Labute approximate surface area is 213 Å². The van der Waals surface area contributed by atoms with Crippen LogP contribution in [0.3, 0.4) is 0 Å². The van der Waals surface area contributed by atoms with Gasteiger partial charge in [-0.1, -0.05) is 23.2 Å². The summed E-state index contributed by atoms with van der Waals surface area (Å²) in [5, 5.41) is 16.0.